The van der Waals surface area contributed by atoms with Gasteiger partial charge in [-0.05, 0) is 62.2 Å². The van der Waals surface area contributed by atoms with Crippen molar-refractivity contribution in [3.63, 3.8) is 0 Å². The van der Waals surface area contributed by atoms with E-state index in [4.69, 9.17) is 4.42 Å². The molecule has 2 aromatic carbocycles. The molecular formula is C16H8Br4N2O3. The van der Waals surface area contributed by atoms with Crippen LogP contribution in [0.1, 0.15) is 16.1 Å². The lowest BCUT2D eigenvalue weighted by atomic mass is 10.2. The Bertz CT molecular complexity index is 1010. The molecule has 0 saturated heterocycles. The number of hydrogen-bond acceptors (Lipinski definition) is 4. The van der Waals surface area contributed by atoms with E-state index in [2.05, 4.69) is 74.2 Å². The van der Waals surface area contributed by atoms with Crippen LogP contribution in [0.2, 0.25) is 0 Å². The maximum absolute atomic E-state index is 12.2. The topological polar surface area (TPSA) is 74.8 Å². The van der Waals surface area contributed by atoms with Gasteiger partial charge in [-0.3, -0.25) is 4.79 Å². The molecule has 0 aliphatic carbocycles. The van der Waals surface area contributed by atoms with Crippen molar-refractivity contribution in [2.24, 2.45) is 5.10 Å². The van der Waals surface area contributed by atoms with Crippen LogP contribution in [-0.4, -0.2) is 17.2 Å². The molecule has 5 nitrogen and oxygen atoms in total. The van der Waals surface area contributed by atoms with Crippen LogP contribution >= 0.6 is 63.7 Å². The predicted molar refractivity (Wildman–Crippen MR) is 110 cm³/mol. The molecule has 0 unspecified atom stereocenters. The minimum atomic E-state index is -0.496. The second-order valence-electron chi connectivity index (χ2n) is 4.94. The number of aromatic hydroxyl groups is 1. The predicted octanol–water partition coefficient (Wildman–Crippen LogP) is 5.95. The van der Waals surface area contributed by atoms with Gasteiger partial charge in [-0.1, -0.05) is 31.9 Å². The largest absolute Gasteiger partial charge is 0.506 e. The van der Waals surface area contributed by atoms with Crippen LogP contribution in [0.15, 0.2) is 57.7 Å². The molecule has 25 heavy (non-hydrogen) atoms. The van der Waals surface area contributed by atoms with Gasteiger partial charge in [0.2, 0.25) is 0 Å². The lowest BCUT2D eigenvalue weighted by Gasteiger charge is -2.02. The minimum absolute atomic E-state index is 0.0266. The molecule has 2 N–H and O–H groups in total. The highest BCUT2D eigenvalue weighted by molar-refractivity contribution is 9.11. The zero-order chi connectivity index (χ0) is 18.1. The van der Waals surface area contributed by atoms with Gasteiger partial charge in [0.15, 0.2) is 5.76 Å². The van der Waals surface area contributed by atoms with E-state index >= 15 is 0 Å². The average Bonchev–Trinajstić information content (AvgIpc) is 2.96. The van der Waals surface area contributed by atoms with Crippen LogP contribution in [0.4, 0.5) is 0 Å². The Morgan fingerprint density at radius 3 is 2.48 bits per heavy atom. The number of fused-ring (bicyclic) bond motifs is 1. The van der Waals surface area contributed by atoms with Crippen LogP contribution < -0.4 is 5.43 Å². The molecule has 0 fully saturated rings. The highest BCUT2D eigenvalue weighted by atomic mass is 79.9. The van der Waals surface area contributed by atoms with Gasteiger partial charge in [-0.2, -0.15) is 5.10 Å². The number of nitrogens with zero attached hydrogens (tertiary/aromatic N) is 1. The second-order valence-corrected chi connectivity index (χ2v) is 8.48. The van der Waals surface area contributed by atoms with Gasteiger partial charge in [-0.25, -0.2) is 5.43 Å². The number of halogens is 4. The molecule has 0 bridgehead atoms. The first-order valence-corrected chi connectivity index (χ1v) is 9.92. The van der Waals surface area contributed by atoms with Gasteiger partial charge in [-0.15, -0.1) is 0 Å². The fourth-order valence-electron chi connectivity index (χ4n) is 2.09. The van der Waals surface area contributed by atoms with E-state index in [0.717, 1.165) is 18.8 Å². The van der Waals surface area contributed by atoms with Crippen molar-refractivity contribution < 1.29 is 14.3 Å². The number of furan rings is 1. The third-order valence-corrected chi connectivity index (χ3v) is 5.30. The molecule has 0 spiro atoms. The van der Waals surface area contributed by atoms with Crippen molar-refractivity contribution in [3.8, 4) is 5.75 Å². The van der Waals surface area contributed by atoms with E-state index in [9.17, 15) is 9.90 Å². The SMILES string of the molecule is O=C(N/N=C\c1cc(Br)cc(Br)c1O)c1cc2cc(Br)cc(Br)c2o1. The standard InChI is InChI=1S/C16H8Br4N2O3/c17-9-1-7-3-13(25-15(7)12(20)5-9)16(24)22-21-6-8-2-10(18)4-11(19)14(8)23/h1-6,23H,(H,22,24)/b21-6-. The summed E-state index contributed by atoms with van der Waals surface area (Å²) in [5.41, 5.74) is 3.39. The van der Waals surface area contributed by atoms with Crippen molar-refractivity contribution in [3.05, 3.63) is 59.5 Å². The van der Waals surface area contributed by atoms with Crippen LogP contribution in [0.5, 0.6) is 5.75 Å². The first-order chi connectivity index (χ1) is 11.8. The van der Waals surface area contributed by atoms with E-state index < -0.39 is 5.91 Å². The molecule has 1 aromatic heterocycles. The summed E-state index contributed by atoms with van der Waals surface area (Å²) < 4.78 is 8.45. The van der Waals surface area contributed by atoms with Crippen molar-refractivity contribution in [1.29, 1.82) is 0 Å². The van der Waals surface area contributed by atoms with Crippen molar-refractivity contribution in [2.75, 3.05) is 0 Å². The molecule has 9 heteroatoms. The Labute approximate surface area is 176 Å². The number of benzene rings is 2. The minimum Gasteiger partial charge on any atom is -0.506 e. The molecule has 0 saturated carbocycles. The van der Waals surface area contributed by atoms with E-state index in [1.54, 1.807) is 18.2 Å². The third-order valence-electron chi connectivity index (χ3n) is 3.19. The smallest absolute Gasteiger partial charge is 0.307 e. The summed E-state index contributed by atoms with van der Waals surface area (Å²) in [6.45, 7) is 0. The summed E-state index contributed by atoms with van der Waals surface area (Å²) in [4.78, 5) is 12.2. The van der Waals surface area contributed by atoms with E-state index in [1.807, 2.05) is 12.1 Å². The lowest BCUT2D eigenvalue weighted by Crippen LogP contribution is -2.16. The summed E-state index contributed by atoms with van der Waals surface area (Å²) in [5, 5.41) is 14.6. The van der Waals surface area contributed by atoms with Gasteiger partial charge in [0.1, 0.15) is 11.3 Å². The maximum atomic E-state index is 12.2. The molecule has 3 rings (SSSR count). The zero-order valence-corrected chi connectivity index (χ0v) is 18.5. The Morgan fingerprint density at radius 2 is 1.72 bits per heavy atom. The Kier molecular flexibility index (Phi) is 5.67. The van der Waals surface area contributed by atoms with Gasteiger partial charge < -0.3 is 9.52 Å². The van der Waals surface area contributed by atoms with Crippen LogP contribution in [0.3, 0.4) is 0 Å². The third kappa shape index (κ3) is 4.16. The number of hydrazone groups is 1. The average molecular weight is 596 g/mol. The van der Waals surface area contributed by atoms with E-state index in [-0.39, 0.29) is 11.5 Å². The van der Waals surface area contributed by atoms with Crippen molar-refractivity contribution in [2.45, 2.75) is 0 Å². The number of nitrogens with one attached hydrogen (secondary N) is 1. The maximum Gasteiger partial charge on any atom is 0.307 e. The molecule has 0 aliphatic rings. The number of hydrogen-bond donors (Lipinski definition) is 2. The summed E-state index contributed by atoms with van der Waals surface area (Å²) >= 11 is 13.3. The summed E-state index contributed by atoms with van der Waals surface area (Å²) in [6, 6.07) is 8.68. The summed E-state index contributed by atoms with van der Waals surface area (Å²) in [6.07, 6.45) is 1.35. The molecule has 1 amide bonds. The quantitative estimate of drug-likeness (QED) is 0.290. The Hall–Kier alpha value is -1.16. The molecular weight excluding hydrogens is 588 g/mol. The van der Waals surface area contributed by atoms with Gasteiger partial charge in [0.05, 0.1) is 15.2 Å². The van der Waals surface area contributed by atoms with Gasteiger partial charge in [0.25, 0.3) is 0 Å². The number of rotatable bonds is 3. The molecule has 0 aliphatic heterocycles. The number of amides is 1. The molecule has 3 aromatic rings. The summed E-state index contributed by atoms with van der Waals surface area (Å²) in [7, 11) is 0. The first kappa shape index (κ1) is 18.6. The monoisotopic (exact) mass is 592 g/mol. The fourth-order valence-corrected chi connectivity index (χ4v) is 4.69. The number of phenols is 1. The van der Waals surface area contributed by atoms with Crippen molar-refractivity contribution in [1.82, 2.24) is 5.43 Å². The molecule has 1 heterocycles. The Morgan fingerprint density at radius 1 is 1.04 bits per heavy atom. The number of phenolic OH excluding ortho intramolecular Hbond substituents is 1. The second kappa shape index (κ2) is 7.61. The molecule has 0 atom stereocenters. The Balaban J connectivity index is 1.80. The van der Waals surface area contributed by atoms with Crippen molar-refractivity contribution >= 4 is 86.8 Å². The highest BCUT2D eigenvalue weighted by Crippen LogP contribution is 2.31. The normalized spacial score (nSPS) is 11.4. The number of carbonyl (C=O) groups excluding carboxylic acids is 1. The van der Waals surface area contributed by atoms with Gasteiger partial charge >= 0.3 is 5.91 Å². The molecule has 0 radical (unpaired) electrons. The van der Waals surface area contributed by atoms with Crippen LogP contribution in [-0.2, 0) is 0 Å². The summed E-state index contributed by atoms with van der Waals surface area (Å²) in [5.74, 6) is -0.340. The van der Waals surface area contributed by atoms with Crippen LogP contribution in [0.25, 0.3) is 11.0 Å². The van der Waals surface area contributed by atoms with Crippen LogP contribution in [0, 0.1) is 0 Å². The molecule has 128 valence electrons. The lowest BCUT2D eigenvalue weighted by molar-refractivity contribution is 0.0929. The van der Waals surface area contributed by atoms with Gasteiger partial charge in [0, 0.05) is 19.9 Å². The number of carbonyl (C=O) groups is 1. The highest BCUT2D eigenvalue weighted by Gasteiger charge is 2.14. The fraction of sp³-hybridized carbons (Fsp3) is 0. The van der Waals surface area contributed by atoms with E-state index in [0.29, 0.717) is 15.6 Å². The zero-order valence-electron chi connectivity index (χ0n) is 12.2. The first-order valence-electron chi connectivity index (χ1n) is 6.75. The van der Waals surface area contributed by atoms with E-state index in [1.165, 1.54) is 6.21 Å².